The second kappa shape index (κ2) is 6.86. The fraction of sp³-hybridized carbons (Fsp3) is 0.444. The molecule has 1 aliphatic carbocycles. The molecule has 0 saturated heterocycles. The number of aromatic amines is 1. The zero-order chi connectivity index (χ0) is 16.2. The molecule has 0 aliphatic heterocycles. The van der Waals surface area contributed by atoms with E-state index < -0.39 is 0 Å². The largest absolute Gasteiger partial charge is 0.496 e. The van der Waals surface area contributed by atoms with Crippen LogP contribution in [0.15, 0.2) is 24.3 Å². The predicted molar refractivity (Wildman–Crippen MR) is 88.5 cm³/mol. The maximum Gasteiger partial charge on any atom is 0.223 e. The van der Waals surface area contributed by atoms with Gasteiger partial charge in [0.25, 0.3) is 0 Å². The van der Waals surface area contributed by atoms with Gasteiger partial charge in [0.15, 0.2) is 0 Å². The smallest absolute Gasteiger partial charge is 0.223 e. The van der Waals surface area contributed by atoms with Crippen molar-refractivity contribution in [2.75, 3.05) is 13.7 Å². The normalized spacial score (nSPS) is 16.7. The standard InChI is InChI=1S/C18H23N3O2/c1-12-20-15-8-7-14(11-16(15)21-12)18(22)19-10-9-13-5-3-4-6-17(13)23-2/h3-6,14H,7-11H2,1-2H3,(H,19,22)(H,20,21)/t14-/m0/s1. The predicted octanol–water partition coefficient (Wildman–Crippen LogP) is 2.19. The molecule has 0 saturated carbocycles. The first-order valence-corrected chi connectivity index (χ1v) is 8.11. The van der Waals surface area contributed by atoms with Crippen LogP contribution in [0.3, 0.4) is 0 Å². The molecule has 2 N–H and O–H groups in total. The molecule has 5 heteroatoms. The number of hydrogen-bond acceptors (Lipinski definition) is 3. The Morgan fingerprint density at radius 1 is 1.43 bits per heavy atom. The van der Waals surface area contributed by atoms with E-state index in [4.69, 9.17) is 4.74 Å². The van der Waals surface area contributed by atoms with E-state index in [2.05, 4.69) is 15.3 Å². The lowest BCUT2D eigenvalue weighted by atomic mass is 9.89. The third kappa shape index (κ3) is 3.55. The highest BCUT2D eigenvalue weighted by Gasteiger charge is 2.26. The number of carbonyl (C=O) groups is 1. The van der Waals surface area contributed by atoms with Gasteiger partial charge in [-0.05, 0) is 37.8 Å². The molecule has 1 aliphatic rings. The van der Waals surface area contributed by atoms with Crippen LogP contribution in [0.1, 0.15) is 29.2 Å². The van der Waals surface area contributed by atoms with E-state index in [-0.39, 0.29) is 11.8 Å². The molecular weight excluding hydrogens is 290 g/mol. The van der Waals surface area contributed by atoms with Gasteiger partial charge in [-0.15, -0.1) is 0 Å². The van der Waals surface area contributed by atoms with Gasteiger partial charge in [-0.3, -0.25) is 4.79 Å². The van der Waals surface area contributed by atoms with E-state index >= 15 is 0 Å². The summed E-state index contributed by atoms with van der Waals surface area (Å²) in [7, 11) is 1.67. The fourth-order valence-electron chi connectivity index (χ4n) is 3.22. The number of H-pyrrole nitrogens is 1. The van der Waals surface area contributed by atoms with E-state index in [9.17, 15) is 4.79 Å². The number of aromatic nitrogens is 2. The lowest BCUT2D eigenvalue weighted by Crippen LogP contribution is -2.35. The Bertz CT molecular complexity index is 693. The topological polar surface area (TPSA) is 67.0 Å². The quantitative estimate of drug-likeness (QED) is 0.889. The van der Waals surface area contributed by atoms with Gasteiger partial charge in [0.1, 0.15) is 11.6 Å². The van der Waals surface area contributed by atoms with E-state index in [1.807, 2.05) is 31.2 Å². The summed E-state index contributed by atoms with van der Waals surface area (Å²) in [4.78, 5) is 20.1. The molecule has 3 rings (SSSR count). The molecule has 1 aromatic heterocycles. The number of hydrogen-bond donors (Lipinski definition) is 2. The molecular formula is C18H23N3O2. The molecule has 1 aromatic carbocycles. The third-order valence-electron chi connectivity index (χ3n) is 4.42. The third-order valence-corrected chi connectivity index (χ3v) is 4.42. The first kappa shape index (κ1) is 15.6. The Hall–Kier alpha value is -2.30. The van der Waals surface area contributed by atoms with Gasteiger partial charge in [0.2, 0.25) is 5.91 Å². The monoisotopic (exact) mass is 313 g/mol. The van der Waals surface area contributed by atoms with Crippen LogP contribution in [0.2, 0.25) is 0 Å². The minimum absolute atomic E-state index is 0.0417. The Balaban J connectivity index is 1.52. The van der Waals surface area contributed by atoms with Gasteiger partial charge in [-0.1, -0.05) is 18.2 Å². The summed E-state index contributed by atoms with van der Waals surface area (Å²) in [6, 6.07) is 7.92. The number of rotatable bonds is 5. The van der Waals surface area contributed by atoms with Gasteiger partial charge >= 0.3 is 0 Å². The van der Waals surface area contributed by atoms with Gasteiger partial charge in [0, 0.05) is 24.6 Å². The molecule has 122 valence electrons. The van der Waals surface area contributed by atoms with Crippen molar-refractivity contribution in [1.82, 2.24) is 15.3 Å². The summed E-state index contributed by atoms with van der Waals surface area (Å²) >= 11 is 0. The number of nitrogens with zero attached hydrogens (tertiary/aromatic N) is 1. The Morgan fingerprint density at radius 2 is 2.26 bits per heavy atom. The summed E-state index contributed by atoms with van der Waals surface area (Å²) in [5.74, 6) is 1.99. The van der Waals surface area contributed by atoms with Crippen LogP contribution in [0.25, 0.3) is 0 Å². The van der Waals surface area contributed by atoms with Crippen molar-refractivity contribution in [3.8, 4) is 5.75 Å². The minimum Gasteiger partial charge on any atom is -0.496 e. The van der Waals surface area contributed by atoms with E-state index in [0.717, 1.165) is 54.2 Å². The molecule has 0 spiro atoms. The second-order valence-electron chi connectivity index (χ2n) is 6.04. The average molecular weight is 313 g/mol. The zero-order valence-corrected chi connectivity index (χ0v) is 13.7. The number of carbonyl (C=O) groups excluding carboxylic acids is 1. The number of para-hydroxylation sites is 1. The number of aryl methyl sites for hydroxylation is 2. The molecule has 2 aromatic rings. The molecule has 1 amide bonds. The Kier molecular flexibility index (Phi) is 4.65. The van der Waals surface area contributed by atoms with Crippen LogP contribution in [0.5, 0.6) is 5.75 Å². The number of imidazole rings is 1. The maximum atomic E-state index is 12.4. The second-order valence-corrected chi connectivity index (χ2v) is 6.04. The highest BCUT2D eigenvalue weighted by Crippen LogP contribution is 2.24. The molecule has 1 atom stereocenters. The lowest BCUT2D eigenvalue weighted by molar-refractivity contribution is -0.125. The summed E-state index contributed by atoms with van der Waals surface area (Å²) < 4.78 is 5.34. The number of fused-ring (bicyclic) bond motifs is 1. The van der Waals surface area contributed by atoms with Crippen molar-refractivity contribution >= 4 is 5.91 Å². The number of nitrogens with one attached hydrogen (secondary N) is 2. The Morgan fingerprint density at radius 3 is 3.09 bits per heavy atom. The van der Waals surface area contributed by atoms with Crippen molar-refractivity contribution in [3.05, 3.63) is 47.0 Å². The molecule has 1 heterocycles. The molecule has 0 bridgehead atoms. The van der Waals surface area contributed by atoms with E-state index in [1.165, 1.54) is 0 Å². The van der Waals surface area contributed by atoms with E-state index in [1.54, 1.807) is 7.11 Å². The van der Waals surface area contributed by atoms with Crippen LogP contribution >= 0.6 is 0 Å². The Labute approximate surface area is 136 Å². The zero-order valence-electron chi connectivity index (χ0n) is 13.7. The SMILES string of the molecule is COc1ccccc1CCNC(=O)[C@H]1CCc2nc(C)[nH]c2C1. The van der Waals surface area contributed by atoms with Gasteiger partial charge < -0.3 is 15.0 Å². The van der Waals surface area contributed by atoms with E-state index in [0.29, 0.717) is 6.54 Å². The van der Waals surface area contributed by atoms with Crippen molar-refractivity contribution in [2.45, 2.75) is 32.6 Å². The maximum absolute atomic E-state index is 12.4. The van der Waals surface area contributed by atoms with Crippen LogP contribution in [0, 0.1) is 12.8 Å². The number of ether oxygens (including phenoxy) is 1. The van der Waals surface area contributed by atoms with Crippen molar-refractivity contribution < 1.29 is 9.53 Å². The van der Waals surface area contributed by atoms with Crippen molar-refractivity contribution in [2.24, 2.45) is 5.92 Å². The summed E-state index contributed by atoms with van der Waals surface area (Å²) in [6.45, 7) is 2.59. The lowest BCUT2D eigenvalue weighted by Gasteiger charge is -2.20. The summed E-state index contributed by atoms with van der Waals surface area (Å²) in [5, 5.41) is 3.06. The molecule has 0 unspecified atom stereocenters. The molecule has 0 fully saturated rings. The highest BCUT2D eigenvalue weighted by atomic mass is 16.5. The first-order chi connectivity index (χ1) is 11.2. The number of benzene rings is 1. The molecule has 5 nitrogen and oxygen atoms in total. The van der Waals surface area contributed by atoms with Gasteiger partial charge in [0.05, 0.1) is 12.8 Å². The van der Waals surface area contributed by atoms with Crippen LogP contribution in [-0.2, 0) is 24.1 Å². The highest BCUT2D eigenvalue weighted by molar-refractivity contribution is 5.79. The average Bonchev–Trinajstić information content (AvgIpc) is 2.94. The first-order valence-electron chi connectivity index (χ1n) is 8.11. The van der Waals surface area contributed by atoms with Gasteiger partial charge in [-0.2, -0.15) is 0 Å². The summed E-state index contributed by atoms with van der Waals surface area (Å²) in [5.41, 5.74) is 3.37. The van der Waals surface area contributed by atoms with Crippen molar-refractivity contribution in [1.29, 1.82) is 0 Å². The number of amides is 1. The number of methoxy groups -OCH3 is 1. The summed E-state index contributed by atoms with van der Waals surface area (Å²) in [6.07, 6.45) is 3.29. The minimum atomic E-state index is 0.0417. The fourth-order valence-corrected chi connectivity index (χ4v) is 3.22. The van der Waals surface area contributed by atoms with Crippen molar-refractivity contribution in [3.63, 3.8) is 0 Å². The van der Waals surface area contributed by atoms with Crippen LogP contribution in [0.4, 0.5) is 0 Å². The molecule has 0 radical (unpaired) electrons. The van der Waals surface area contributed by atoms with Crippen LogP contribution in [-0.4, -0.2) is 29.5 Å². The molecule has 23 heavy (non-hydrogen) atoms. The van der Waals surface area contributed by atoms with Crippen LogP contribution < -0.4 is 10.1 Å². The van der Waals surface area contributed by atoms with Gasteiger partial charge in [-0.25, -0.2) is 4.98 Å².